The maximum atomic E-state index is 12.7. The molecule has 1 amide bonds. The zero-order valence-electron chi connectivity index (χ0n) is 13.7. The molecule has 22 heavy (non-hydrogen) atoms. The molecule has 1 aromatic rings. The number of hydrogen-bond acceptors (Lipinski definition) is 4. The van der Waals surface area contributed by atoms with Crippen LogP contribution in [0, 0.1) is 0 Å². The zero-order chi connectivity index (χ0) is 15.7. The zero-order valence-corrected chi connectivity index (χ0v) is 13.7. The molecule has 6 nitrogen and oxygen atoms in total. The second-order valence-corrected chi connectivity index (χ2v) is 6.41. The lowest BCUT2D eigenvalue weighted by molar-refractivity contribution is -0.146. The molecule has 6 heteroatoms. The molecule has 122 valence electrons. The Kier molecular flexibility index (Phi) is 4.49. The molecule has 0 saturated carbocycles. The average Bonchev–Trinajstić information content (AvgIpc) is 3.16. The molecule has 0 bridgehead atoms. The van der Waals surface area contributed by atoms with E-state index in [0.29, 0.717) is 6.54 Å². The second kappa shape index (κ2) is 6.38. The average molecular weight is 306 g/mol. The van der Waals surface area contributed by atoms with E-state index in [1.54, 1.807) is 0 Å². The van der Waals surface area contributed by atoms with Crippen LogP contribution in [-0.4, -0.2) is 64.1 Å². The van der Waals surface area contributed by atoms with Crippen molar-refractivity contribution in [1.29, 1.82) is 0 Å². The van der Waals surface area contributed by atoms with Gasteiger partial charge >= 0.3 is 0 Å². The predicted octanol–water partition coefficient (Wildman–Crippen LogP) is 1.19. The molecule has 0 aliphatic carbocycles. The van der Waals surface area contributed by atoms with E-state index in [0.717, 1.165) is 38.2 Å². The van der Waals surface area contributed by atoms with Crippen LogP contribution >= 0.6 is 0 Å². The Morgan fingerprint density at radius 2 is 2.18 bits per heavy atom. The van der Waals surface area contributed by atoms with Crippen molar-refractivity contribution in [2.45, 2.75) is 44.4 Å². The highest BCUT2D eigenvalue weighted by atomic mass is 16.5. The van der Waals surface area contributed by atoms with Crippen LogP contribution in [0.15, 0.2) is 12.4 Å². The first-order valence-electron chi connectivity index (χ1n) is 8.21. The molecule has 0 unspecified atom stereocenters. The van der Waals surface area contributed by atoms with Gasteiger partial charge in [-0.05, 0) is 26.3 Å². The van der Waals surface area contributed by atoms with Crippen molar-refractivity contribution in [3.63, 3.8) is 0 Å². The Labute approximate surface area is 132 Å². The number of aryl methyl sites for hydroxylation is 1. The van der Waals surface area contributed by atoms with Gasteiger partial charge in [-0.3, -0.25) is 9.69 Å². The molecule has 1 aromatic heterocycles. The van der Waals surface area contributed by atoms with E-state index in [-0.39, 0.29) is 24.2 Å². The number of nitrogens with zero attached hydrogens (tertiary/aromatic N) is 4. The molecule has 0 radical (unpaired) electrons. The normalized spacial score (nSPS) is 30.0. The van der Waals surface area contributed by atoms with Gasteiger partial charge in [-0.2, -0.15) is 0 Å². The van der Waals surface area contributed by atoms with Gasteiger partial charge in [0.15, 0.2) is 0 Å². The van der Waals surface area contributed by atoms with Gasteiger partial charge in [-0.1, -0.05) is 6.92 Å². The molecular formula is C16H26N4O2. The van der Waals surface area contributed by atoms with Crippen molar-refractivity contribution >= 4 is 5.91 Å². The molecule has 3 rings (SSSR count). The van der Waals surface area contributed by atoms with E-state index in [4.69, 9.17) is 4.74 Å². The van der Waals surface area contributed by atoms with Crippen LogP contribution in [0.1, 0.15) is 38.1 Å². The Hall–Kier alpha value is -1.40. The lowest BCUT2D eigenvalue weighted by Crippen LogP contribution is -2.52. The summed E-state index contributed by atoms with van der Waals surface area (Å²) in [5.74, 6) is 1.17. The summed E-state index contributed by atoms with van der Waals surface area (Å²) in [5.41, 5.74) is 0. The highest BCUT2D eigenvalue weighted by Crippen LogP contribution is 2.27. The summed E-state index contributed by atoms with van der Waals surface area (Å²) in [6.45, 7) is 4.45. The van der Waals surface area contributed by atoms with E-state index >= 15 is 0 Å². The van der Waals surface area contributed by atoms with E-state index in [1.807, 2.05) is 28.9 Å². The smallest absolute Gasteiger partial charge is 0.251 e. The Bertz CT molecular complexity index is 530. The first kappa shape index (κ1) is 15.5. The number of carbonyl (C=O) groups is 1. The standard InChI is InChI=1S/C16H26N4O2/c1-4-12-5-6-14(22-12)16(21)20-10-9-18(2)13(11-20)15-17-7-8-19(15)3/h7-8,12-14H,4-6,9-11H2,1-3H3/t12-,13-,14+/m1/s1. The first-order valence-corrected chi connectivity index (χ1v) is 8.21. The third-order valence-electron chi connectivity index (χ3n) is 4.95. The molecule has 3 heterocycles. The predicted molar refractivity (Wildman–Crippen MR) is 83.3 cm³/mol. The fraction of sp³-hybridized carbons (Fsp3) is 0.750. The third-order valence-corrected chi connectivity index (χ3v) is 4.95. The highest BCUT2D eigenvalue weighted by molar-refractivity contribution is 5.81. The van der Waals surface area contributed by atoms with Crippen molar-refractivity contribution in [1.82, 2.24) is 19.4 Å². The molecule has 0 spiro atoms. The lowest BCUT2D eigenvalue weighted by atomic mass is 10.1. The van der Waals surface area contributed by atoms with Gasteiger partial charge in [0, 0.05) is 39.1 Å². The van der Waals surface area contributed by atoms with Crippen LogP contribution < -0.4 is 0 Å². The molecule has 2 saturated heterocycles. The summed E-state index contributed by atoms with van der Waals surface area (Å²) in [5, 5.41) is 0. The highest BCUT2D eigenvalue weighted by Gasteiger charge is 2.36. The fourth-order valence-electron chi connectivity index (χ4n) is 3.44. The van der Waals surface area contributed by atoms with Crippen molar-refractivity contribution < 1.29 is 9.53 Å². The number of likely N-dealkylation sites (N-methyl/N-ethyl adjacent to an activating group) is 1. The van der Waals surface area contributed by atoms with Crippen LogP contribution in [0.4, 0.5) is 0 Å². The molecule has 0 N–H and O–H groups in total. The van der Waals surface area contributed by atoms with Crippen molar-refractivity contribution in [3.8, 4) is 0 Å². The molecule has 2 aliphatic heterocycles. The Morgan fingerprint density at radius 1 is 1.36 bits per heavy atom. The number of ether oxygens (including phenoxy) is 1. The number of imidazole rings is 1. The van der Waals surface area contributed by atoms with Crippen LogP contribution in [0.25, 0.3) is 0 Å². The topological polar surface area (TPSA) is 50.6 Å². The second-order valence-electron chi connectivity index (χ2n) is 6.41. The van der Waals surface area contributed by atoms with Crippen LogP contribution in [0.2, 0.25) is 0 Å². The summed E-state index contributed by atoms with van der Waals surface area (Å²) in [7, 11) is 4.10. The number of amides is 1. The van der Waals surface area contributed by atoms with Gasteiger partial charge < -0.3 is 14.2 Å². The van der Waals surface area contributed by atoms with Crippen molar-refractivity contribution in [2.75, 3.05) is 26.7 Å². The monoisotopic (exact) mass is 306 g/mol. The van der Waals surface area contributed by atoms with Gasteiger partial charge in [0.25, 0.3) is 5.91 Å². The number of rotatable bonds is 3. The maximum absolute atomic E-state index is 12.7. The summed E-state index contributed by atoms with van der Waals surface area (Å²) < 4.78 is 7.91. The minimum atomic E-state index is -0.240. The number of aromatic nitrogens is 2. The molecule has 0 aromatic carbocycles. The van der Waals surface area contributed by atoms with Gasteiger partial charge in [0.1, 0.15) is 11.9 Å². The largest absolute Gasteiger partial charge is 0.365 e. The van der Waals surface area contributed by atoms with E-state index < -0.39 is 0 Å². The van der Waals surface area contributed by atoms with Crippen molar-refractivity contribution in [3.05, 3.63) is 18.2 Å². The van der Waals surface area contributed by atoms with E-state index in [1.165, 1.54) is 0 Å². The molecule has 3 atom stereocenters. The van der Waals surface area contributed by atoms with Gasteiger partial charge in [0.05, 0.1) is 12.1 Å². The maximum Gasteiger partial charge on any atom is 0.251 e. The van der Waals surface area contributed by atoms with E-state index in [2.05, 4.69) is 23.9 Å². The minimum Gasteiger partial charge on any atom is -0.365 e. The minimum absolute atomic E-state index is 0.154. The fourth-order valence-corrected chi connectivity index (χ4v) is 3.44. The van der Waals surface area contributed by atoms with Crippen LogP contribution in [0.5, 0.6) is 0 Å². The quantitative estimate of drug-likeness (QED) is 0.842. The van der Waals surface area contributed by atoms with Gasteiger partial charge in [0.2, 0.25) is 0 Å². The van der Waals surface area contributed by atoms with Crippen LogP contribution in [-0.2, 0) is 16.6 Å². The van der Waals surface area contributed by atoms with Crippen molar-refractivity contribution in [2.24, 2.45) is 7.05 Å². The van der Waals surface area contributed by atoms with Crippen LogP contribution in [0.3, 0.4) is 0 Å². The molecular weight excluding hydrogens is 280 g/mol. The first-order chi connectivity index (χ1) is 10.6. The number of piperazine rings is 1. The SMILES string of the molecule is CC[C@@H]1CC[C@@H](C(=O)N2CCN(C)[C@@H](c3nccn3C)C2)O1. The number of hydrogen-bond donors (Lipinski definition) is 0. The Balaban J connectivity index is 1.68. The van der Waals surface area contributed by atoms with Gasteiger partial charge in [-0.15, -0.1) is 0 Å². The summed E-state index contributed by atoms with van der Waals surface area (Å²) >= 11 is 0. The molecule has 2 fully saturated rings. The van der Waals surface area contributed by atoms with Gasteiger partial charge in [-0.25, -0.2) is 4.98 Å². The third kappa shape index (κ3) is 2.90. The summed E-state index contributed by atoms with van der Waals surface area (Å²) in [6.07, 6.45) is 6.64. The summed E-state index contributed by atoms with van der Waals surface area (Å²) in [4.78, 5) is 21.4. The lowest BCUT2D eigenvalue weighted by Gasteiger charge is -2.39. The Morgan fingerprint density at radius 3 is 2.82 bits per heavy atom. The van der Waals surface area contributed by atoms with E-state index in [9.17, 15) is 4.79 Å². The summed E-state index contributed by atoms with van der Waals surface area (Å²) in [6, 6.07) is 0.154. The number of carbonyl (C=O) groups excluding carboxylic acids is 1. The molecule has 2 aliphatic rings.